The third-order valence-corrected chi connectivity index (χ3v) is 5.45. The smallest absolute Gasteiger partial charge is 0.172 e. The van der Waals surface area contributed by atoms with Gasteiger partial charge in [-0.2, -0.15) is 0 Å². The number of fused-ring (bicyclic) bond motifs is 1. The molecule has 0 unspecified atom stereocenters. The van der Waals surface area contributed by atoms with E-state index in [1.54, 1.807) is 24.3 Å². The van der Waals surface area contributed by atoms with Gasteiger partial charge in [0.2, 0.25) is 0 Å². The fourth-order valence-electron chi connectivity index (χ4n) is 4.00. The number of benzene rings is 3. The summed E-state index contributed by atoms with van der Waals surface area (Å²) in [5.41, 5.74) is 7.47. The van der Waals surface area contributed by atoms with E-state index in [2.05, 4.69) is 36.1 Å². The number of hydrogen-bond acceptors (Lipinski definition) is 2. The molecule has 0 atom stereocenters. The Labute approximate surface area is 169 Å². The lowest BCUT2D eigenvalue weighted by Gasteiger charge is -2.17. The molecule has 1 aliphatic carbocycles. The molecule has 0 saturated carbocycles. The third-order valence-electron chi connectivity index (χ3n) is 5.45. The first-order valence-corrected chi connectivity index (χ1v) is 9.66. The molecule has 1 aliphatic rings. The zero-order chi connectivity index (χ0) is 20.4. The van der Waals surface area contributed by atoms with Crippen molar-refractivity contribution in [2.24, 2.45) is 0 Å². The second kappa shape index (κ2) is 8.08. The Morgan fingerprint density at radius 1 is 0.862 bits per heavy atom. The first-order valence-electron chi connectivity index (χ1n) is 9.66. The van der Waals surface area contributed by atoms with Crippen molar-refractivity contribution in [2.75, 3.05) is 7.11 Å². The quantitative estimate of drug-likeness (QED) is 0.492. The topological polar surface area (TPSA) is 18.5 Å². The van der Waals surface area contributed by atoms with E-state index in [1.165, 1.54) is 18.7 Å². The molecule has 3 aromatic carbocycles. The van der Waals surface area contributed by atoms with Crippen molar-refractivity contribution < 1.29 is 18.6 Å². The maximum Gasteiger partial charge on any atom is 0.172 e. The van der Waals surface area contributed by atoms with Crippen LogP contribution in [0, 0.1) is 12.7 Å². The molecule has 0 N–H and O–H groups in total. The van der Waals surface area contributed by atoms with E-state index in [9.17, 15) is 8.92 Å². The molecule has 3 aromatic rings. The normalized spacial score (nSPS) is 13.7. The van der Waals surface area contributed by atoms with Crippen molar-refractivity contribution in [1.82, 2.24) is 0 Å². The number of methoxy groups -OCH3 is 1. The summed E-state index contributed by atoms with van der Waals surface area (Å²) in [6.07, 6.45) is 2.52. The maximum absolute atomic E-state index is 14.0. The highest BCUT2D eigenvalue weighted by molar-refractivity contribution is 6.00. The Morgan fingerprint density at radius 3 is 2.34 bits per heavy atom. The summed E-state index contributed by atoms with van der Waals surface area (Å²) in [5, 5.41) is 0. The molecule has 0 aliphatic heterocycles. The van der Waals surface area contributed by atoms with E-state index >= 15 is 0 Å². The molecule has 0 fully saturated rings. The van der Waals surface area contributed by atoms with E-state index in [0.29, 0.717) is 0 Å². The van der Waals surface area contributed by atoms with E-state index in [0.717, 1.165) is 52.7 Å². The van der Waals surface area contributed by atoms with Gasteiger partial charge in [0.05, 0.1) is 7.11 Å². The minimum atomic E-state index is -0.382. The average molecular weight is 392 g/mol. The first kappa shape index (κ1) is 19.2. The van der Waals surface area contributed by atoms with Crippen LogP contribution in [0.5, 0.6) is 11.5 Å². The molecule has 0 amide bonds. The van der Waals surface area contributed by atoms with Gasteiger partial charge in [0.15, 0.2) is 17.3 Å². The van der Waals surface area contributed by atoms with Gasteiger partial charge in [-0.3, -0.25) is 4.94 Å². The number of allylic oxidation sites excluding steroid dienone is 1. The molecule has 0 bridgehead atoms. The minimum Gasteiger partial charge on any atom is -0.494 e. The number of hydrogen-bond donors (Lipinski definition) is 0. The van der Waals surface area contributed by atoms with E-state index < -0.39 is 0 Å². The standard InChI is InChI=1S/C25H22F2O2/c1-16-6-8-17(9-7-16)25-21(19-10-13-23(26)24(15-19)28-2)5-3-4-18-14-20(29-27)11-12-22(18)25/h6-15H,3-5H2,1-2H3. The van der Waals surface area contributed by atoms with E-state index in [-0.39, 0.29) is 17.3 Å². The second-order valence-corrected chi connectivity index (χ2v) is 7.32. The Bertz CT molecular complexity index is 1070. The first-order chi connectivity index (χ1) is 14.1. The van der Waals surface area contributed by atoms with Crippen LogP contribution in [0.15, 0.2) is 60.7 Å². The van der Waals surface area contributed by atoms with Crippen molar-refractivity contribution in [3.63, 3.8) is 0 Å². The van der Waals surface area contributed by atoms with Crippen LogP contribution in [-0.2, 0) is 6.42 Å². The predicted molar refractivity (Wildman–Crippen MR) is 111 cm³/mol. The highest BCUT2D eigenvalue weighted by Gasteiger charge is 2.21. The number of halogens is 2. The summed E-state index contributed by atoms with van der Waals surface area (Å²) >= 11 is 0. The van der Waals surface area contributed by atoms with Gasteiger partial charge in [-0.1, -0.05) is 42.0 Å². The van der Waals surface area contributed by atoms with Gasteiger partial charge in [0, 0.05) is 4.53 Å². The second-order valence-electron chi connectivity index (χ2n) is 7.32. The Hall–Kier alpha value is -3.14. The van der Waals surface area contributed by atoms with Crippen LogP contribution in [-0.4, -0.2) is 7.11 Å². The summed E-state index contributed by atoms with van der Waals surface area (Å²) in [4.78, 5) is 3.96. The van der Waals surface area contributed by atoms with Crippen molar-refractivity contribution in [3.8, 4) is 11.5 Å². The molecule has 4 rings (SSSR count). The zero-order valence-electron chi connectivity index (χ0n) is 16.5. The van der Waals surface area contributed by atoms with Crippen molar-refractivity contribution >= 4 is 11.1 Å². The van der Waals surface area contributed by atoms with Crippen molar-refractivity contribution in [1.29, 1.82) is 0 Å². The van der Waals surface area contributed by atoms with Gasteiger partial charge in [-0.25, -0.2) is 4.39 Å². The van der Waals surface area contributed by atoms with Crippen LogP contribution in [0.4, 0.5) is 8.92 Å². The van der Waals surface area contributed by atoms with Gasteiger partial charge < -0.3 is 4.74 Å². The largest absolute Gasteiger partial charge is 0.494 e. The molecule has 0 heterocycles. The zero-order valence-corrected chi connectivity index (χ0v) is 16.5. The van der Waals surface area contributed by atoms with Crippen LogP contribution in [0.1, 0.15) is 40.7 Å². The number of ether oxygens (including phenoxy) is 1. The molecule has 0 radical (unpaired) electrons. The van der Waals surface area contributed by atoms with Crippen LogP contribution in [0.3, 0.4) is 0 Å². The molecule has 0 aromatic heterocycles. The van der Waals surface area contributed by atoms with Crippen LogP contribution < -0.4 is 9.68 Å². The number of aryl methyl sites for hydroxylation is 2. The summed E-state index contributed by atoms with van der Waals surface area (Å²) in [7, 11) is 1.47. The highest BCUT2D eigenvalue weighted by Crippen LogP contribution is 2.41. The van der Waals surface area contributed by atoms with Crippen LogP contribution in [0.25, 0.3) is 11.1 Å². The van der Waals surface area contributed by atoms with E-state index in [1.807, 2.05) is 6.07 Å². The summed E-state index contributed by atoms with van der Waals surface area (Å²) in [5.74, 6) is 0.0512. The minimum absolute atomic E-state index is 0.207. The lowest BCUT2D eigenvalue weighted by molar-refractivity contribution is -0.00629. The Balaban J connectivity index is 1.99. The molecule has 0 spiro atoms. The van der Waals surface area contributed by atoms with Crippen LogP contribution in [0.2, 0.25) is 0 Å². The molecule has 4 heteroatoms. The fraction of sp³-hybridized carbons (Fsp3) is 0.200. The van der Waals surface area contributed by atoms with Crippen molar-refractivity contribution in [2.45, 2.75) is 26.2 Å². The van der Waals surface area contributed by atoms with Gasteiger partial charge in [0.1, 0.15) is 0 Å². The molecule has 29 heavy (non-hydrogen) atoms. The SMILES string of the molecule is COc1cc(C2=C(c3ccc(C)cc3)c3ccc(OF)cc3CCC2)ccc1F. The monoisotopic (exact) mass is 392 g/mol. The summed E-state index contributed by atoms with van der Waals surface area (Å²) in [6.45, 7) is 2.05. The van der Waals surface area contributed by atoms with E-state index in [4.69, 9.17) is 4.74 Å². The van der Waals surface area contributed by atoms with Gasteiger partial charge >= 0.3 is 0 Å². The number of rotatable bonds is 4. The highest BCUT2D eigenvalue weighted by atomic mass is 19.3. The molecule has 148 valence electrons. The Kier molecular flexibility index (Phi) is 5.34. The van der Waals surface area contributed by atoms with Crippen molar-refractivity contribution in [3.05, 3.63) is 94.3 Å². The predicted octanol–water partition coefficient (Wildman–Crippen LogP) is 6.70. The third kappa shape index (κ3) is 3.75. The summed E-state index contributed by atoms with van der Waals surface area (Å²) in [6, 6.07) is 18.7. The fourth-order valence-corrected chi connectivity index (χ4v) is 4.00. The molecule has 0 saturated heterocycles. The summed E-state index contributed by atoms with van der Waals surface area (Å²) < 4.78 is 32.0. The maximum atomic E-state index is 14.0. The van der Waals surface area contributed by atoms with Crippen LogP contribution >= 0.6 is 0 Å². The van der Waals surface area contributed by atoms with Gasteiger partial charge in [-0.05, 0) is 83.9 Å². The lowest BCUT2D eigenvalue weighted by atomic mass is 9.87. The lowest BCUT2D eigenvalue weighted by Crippen LogP contribution is -1.97. The molecular weight excluding hydrogens is 370 g/mol. The Morgan fingerprint density at radius 2 is 1.62 bits per heavy atom. The molecular formula is C25H22F2O2. The van der Waals surface area contributed by atoms with Gasteiger partial charge in [0.25, 0.3) is 0 Å². The van der Waals surface area contributed by atoms with Gasteiger partial charge in [-0.15, -0.1) is 0 Å². The molecule has 2 nitrogen and oxygen atoms in total. The average Bonchev–Trinajstić information content (AvgIpc) is 2.93.